The standard InChI is InChI=1S/C16H27N3O2/c1-4-6-11-18-16(17-5-2)19-12-15(20)13-7-9-14(21-3)10-8-13/h7-10,15,20H,4-6,11-12H2,1-3H3,(H2,17,18,19). The molecule has 0 fully saturated rings. The molecule has 0 spiro atoms. The van der Waals surface area contributed by atoms with Crippen LogP contribution in [0, 0.1) is 0 Å². The minimum absolute atomic E-state index is 0.327. The lowest BCUT2D eigenvalue weighted by Crippen LogP contribution is -2.38. The zero-order valence-electron chi connectivity index (χ0n) is 13.2. The second-order valence-corrected chi connectivity index (χ2v) is 4.79. The van der Waals surface area contributed by atoms with Crippen LogP contribution in [0.3, 0.4) is 0 Å². The molecular formula is C16H27N3O2. The van der Waals surface area contributed by atoms with Gasteiger partial charge < -0.3 is 20.5 Å². The predicted octanol–water partition coefficient (Wildman–Crippen LogP) is 2.08. The van der Waals surface area contributed by atoms with E-state index in [2.05, 4.69) is 22.5 Å². The summed E-state index contributed by atoms with van der Waals surface area (Å²) in [5.74, 6) is 1.53. The first-order chi connectivity index (χ1) is 10.2. The van der Waals surface area contributed by atoms with Gasteiger partial charge in [0.1, 0.15) is 5.75 Å². The first kappa shape index (κ1) is 17.3. The maximum atomic E-state index is 10.2. The van der Waals surface area contributed by atoms with Crippen molar-refractivity contribution >= 4 is 5.96 Å². The number of ether oxygens (including phenoxy) is 1. The van der Waals surface area contributed by atoms with Crippen molar-refractivity contribution in [3.05, 3.63) is 29.8 Å². The Morgan fingerprint density at radius 3 is 2.52 bits per heavy atom. The van der Waals surface area contributed by atoms with Crippen LogP contribution < -0.4 is 15.4 Å². The molecule has 0 aliphatic rings. The molecule has 1 rings (SSSR count). The van der Waals surface area contributed by atoms with Gasteiger partial charge in [-0.05, 0) is 31.0 Å². The summed E-state index contributed by atoms with van der Waals surface area (Å²) in [6, 6.07) is 7.40. The largest absolute Gasteiger partial charge is 0.497 e. The van der Waals surface area contributed by atoms with Crippen molar-refractivity contribution in [1.29, 1.82) is 0 Å². The van der Waals surface area contributed by atoms with E-state index >= 15 is 0 Å². The number of guanidine groups is 1. The van der Waals surface area contributed by atoms with E-state index in [1.807, 2.05) is 31.2 Å². The van der Waals surface area contributed by atoms with Crippen LogP contribution in [0.1, 0.15) is 38.4 Å². The highest BCUT2D eigenvalue weighted by Gasteiger charge is 2.07. The summed E-state index contributed by atoms with van der Waals surface area (Å²) in [6.07, 6.45) is 1.63. The van der Waals surface area contributed by atoms with Gasteiger partial charge in [0.15, 0.2) is 5.96 Å². The monoisotopic (exact) mass is 293 g/mol. The maximum Gasteiger partial charge on any atom is 0.191 e. The summed E-state index contributed by atoms with van der Waals surface area (Å²) in [7, 11) is 1.63. The molecule has 21 heavy (non-hydrogen) atoms. The smallest absolute Gasteiger partial charge is 0.191 e. The van der Waals surface area contributed by atoms with Crippen LogP contribution >= 0.6 is 0 Å². The Bertz CT molecular complexity index is 418. The molecule has 1 aromatic rings. The quantitative estimate of drug-likeness (QED) is 0.390. The van der Waals surface area contributed by atoms with Gasteiger partial charge >= 0.3 is 0 Å². The van der Waals surface area contributed by atoms with Crippen molar-refractivity contribution in [3.63, 3.8) is 0 Å². The minimum Gasteiger partial charge on any atom is -0.497 e. The number of aliphatic hydroxyl groups excluding tert-OH is 1. The lowest BCUT2D eigenvalue weighted by atomic mass is 10.1. The number of nitrogens with zero attached hydrogens (tertiary/aromatic N) is 1. The highest BCUT2D eigenvalue weighted by Crippen LogP contribution is 2.17. The molecule has 0 aliphatic carbocycles. The van der Waals surface area contributed by atoms with Crippen molar-refractivity contribution in [1.82, 2.24) is 10.6 Å². The average molecular weight is 293 g/mol. The fourth-order valence-corrected chi connectivity index (χ4v) is 1.83. The van der Waals surface area contributed by atoms with Gasteiger partial charge in [-0.1, -0.05) is 25.5 Å². The molecule has 118 valence electrons. The Kier molecular flexibility index (Phi) is 8.28. The first-order valence-electron chi connectivity index (χ1n) is 7.55. The van der Waals surface area contributed by atoms with Gasteiger partial charge in [-0.2, -0.15) is 0 Å². The molecule has 3 N–H and O–H groups in total. The maximum absolute atomic E-state index is 10.2. The molecule has 0 saturated heterocycles. The Balaban J connectivity index is 2.56. The fraction of sp³-hybridized carbons (Fsp3) is 0.562. The Hall–Kier alpha value is -1.75. The van der Waals surface area contributed by atoms with E-state index < -0.39 is 6.10 Å². The molecule has 0 bridgehead atoms. The second-order valence-electron chi connectivity index (χ2n) is 4.79. The molecule has 0 heterocycles. The molecule has 0 saturated carbocycles. The van der Waals surface area contributed by atoms with E-state index in [0.717, 1.165) is 43.2 Å². The topological polar surface area (TPSA) is 65.9 Å². The van der Waals surface area contributed by atoms with E-state index in [4.69, 9.17) is 4.74 Å². The van der Waals surface area contributed by atoms with Crippen molar-refractivity contribution in [2.24, 2.45) is 4.99 Å². The number of unbranched alkanes of at least 4 members (excludes halogenated alkanes) is 1. The van der Waals surface area contributed by atoms with Crippen molar-refractivity contribution in [2.75, 3.05) is 26.7 Å². The van der Waals surface area contributed by atoms with Crippen molar-refractivity contribution < 1.29 is 9.84 Å². The molecule has 5 heteroatoms. The Morgan fingerprint density at radius 2 is 1.95 bits per heavy atom. The lowest BCUT2D eigenvalue weighted by Gasteiger charge is -2.13. The zero-order chi connectivity index (χ0) is 15.5. The van der Waals surface area contributed by atoms with Gasteiger partial charge in [0.2, 0.25) is 0 Å². The Labute approximate surface area is 127 Å². The highest BCUT2D eigenvalue weighted by molar-refractivity contribution is 5.79. The van der Waals surface area contributed by atoms with Gasteiger partial charge in [-0.15, -0.1) is 0 Å². The molecular weight excluding hydrogens is 266 g/mol. The summed E-state index contributed by atoms with van der Waals surface area (Å²) >= 11 is 0. The number of hydrogen-bond donors (Lipinski definition) is 3. The summed E-state index contributed by atoms with van der Waals surface area (Å²) in [5.41, 5.74) is 0.837. The van der Waals surface area contributed by atoms with Crippen LogP contribution in [0.2, 0.25) is 0 Å². The van der Waals surface area contributed by atoms with Crippen molar-refractivity contribution in [3.8, 4) is 5.75 Å². The van der Waals surface area contributed by atoms with E-state index in [-0.39, 0.29) is 0 Å². The molecule has 0 aromatic heterocycles. The van der Waals surface area contributed by atoms with Gasteiger partial charge in [-0.3, -0.25) is 4.99 Å². The summed E-state index contributed by atoms with van der Waals surface area (Å²) in [5, 5.41) is 16.6. The van der Waals surface area contributed by atoms with Crippen LogP contribution in [-0.2, 0) is 0 Å². The van der Waals surface area contributed by atoms with Gasteiger partial charge in [-0.25, -0.2) is 0 Å². The second kappa shape index (κ2) is 10.0. The van der Waals surface area contributed by atoms with Gasteiger partial charge in [0, 0.05) is 13.1 Å². The minimum atomic E-state index is -0.613. The number of nitrogens with one attached hydrogen (secondary N) is 2. The van der Waals surface area contributed by atoms with E-state index in [1.54, 1.807) is 7.11 Å². The molecule has 0 radical (unpaired) electrons. The van der Waals surface area contributed by atoms with Crippen LogP contribution in [0.25, 0.3) is 0 Å². The fourth-order valence-electron chi connectivity index (χ4n) is 1.83. The highest BCUT2D eigenvalue weighted by atomic mass is 16.5. The number of methoxy groups -OCH3 is 1. The Morgan fingerprint density at radius 1 is 1.24 bits per heavy atom. The lowest BCUT2D eigenvalue weighted by molar-refractivity contribution is 0.187. The molecule has 5 nitrogen and oxygen atoms in total. The van der Waals surface area contributed by atoms with Crippen LogP contribution in [0.4, 0.5) is 0 Å². The number of rotatable bonds is 8. The molecule has 1 unspecified atom stereocenters. The normalized spacial score (nSPS) is 12.9. The third-order valence-corrected chi connectivity index (χ3v) is 3.09. The van der Waals surface area contributed by atoms with Gasteiger partial charge in [0.25, 0.3) is 0 Å². The molecule has 1 aromatic carbocycles. The molecule has 1 atom stereocenters. The number of aliphatic hydroxyl groups is 1. The molecule has 0 aliphatic heterocycles. The summed E-state index contributed by atoms with van der Waals surface area (Å²) in [4.78, 5) is 4.42. The predicted molar refractivity (Wildman–Crippen MR) is 86.8 cm³/mol. The van der Waals surface area contributed by atoms with Crippen LogP contribution in [-0.4, -0.2) is 37.8 Å². The van der Waals surface area contributed by atoms with E-state index in [0.29, 0.717) is 6.54 Å². The van der Waals surface area contributed by atoms with E-state index in [1.165, 1.54) is 0 Å². The van der Waals surface area contributed by atoms with Gasteiger partial charge in [0.05, 0.1) is 19.8 Å². The van der Waals surface area contributed by atoms with Crippen molar-refractivity contribution in [2.45, 2.75) is 32.8 Å². The average Bonchev–Trinajstić information content (AvgIpc) is 2.52. The van der Waals surface area contributed by atoms with E-state index in [9.17, 15) is 5.11 Å². The van der Waals surface area contributed by atoms with Crippen LogP contribution in [0.15, 0.2) is 29.3 Å². The number of aliphatic imine (C=N–C) groups is 1. The summed E-state index contributed by atoms with van der Waals surface area (Å²) < 4.78 is 5.10. The number of benzene rings is 1. The van der Waals surface area contributed by atoms with Crippen LogP contribution in [0.5, 0.6) is 5.75 Å². The first-order valence-corrected chi connectivity index (χ1v) is 7.55. The SMILES string of the molecule is CCCCNC(=NCC(O)c1ccc(OC)cc1)NCC. The third-order valence-electron chi connectivity index (χ3n) is 3.09. The summed E-state index contributed by atoms with van der Waals surface area (Å²) in [6.45, 7) is 6.20. The molecule has 0 amide bonds. The zero-order valence-corrected chi connectivity index (χ0v) is 13.2. The number of hydrogen-bond acceptors (Lipinski definition) is 3. The third kappa shape index (κ3) is 6.49.